The molecule has 3 heterocycles. The number of methoxy groups -OCH3 is 2. The number of hydrogen-bond donors (Lipinski definition) is 0. The molecule has 4 radical (unpaired) electrons. The molecule has 2 unspecified atom stereocenters. The monoisotopic (exact) mass is 333 g/mol. The Labute approximate surface area is 143 Å². The van der Waals surface area contributed by atoms with Crippen LogP contribution in [0.15, 0.2) is 6.20 Å². The van der Waals surface area contributed by atoms with E-state index in [1.807, 2.05) is 0 Å². The molecule has 0 spiro atoms. The summed E-state index contributed by atoms with van der Waals surface area (Å²) in [5, 5.41) is 8.21. The fraction of sp³-hybridized carbons (Fsp3) is 0.857. The average molecular weight is 333 g/mol. The van der Waals surface area contributed by atoms with E-state index in [0.29, 0.717) is 25.1 Å². The Balaban J connectivity index is 1.56. The zero-order valence-electron chi connectivity index (χ0n) is 13.9. The molecule has 0 saturated carbocycles. The van der Waals surface area contributed by atoms with Gasteiger partial charge in [-0.05, 0) is 12.8 Å². The standard InChI is InChI=1S/C14H21B2N3O5/c1-20-6-11-9(3-12(15)23-11)22-7-19-5-8(17-18-19)14-10(21-2)4-13(16)24-14/h5,9-14H,3-4,6-7H2,1-2H3/t9?,10?,11-,12-,13-,14-/m1/s1. The average Bonchev–Trinajstić information content (AvgIpc) is 3.24. The molecule has 8 nitrogen and oxygen atoms in total. The lowest BCUT2D eigenvalue weighted by Crippen LogP contribution is -2.29. The maximum atomic E-state index is 5.85. The van der Waals surface area contributed by atoms with Gasteiger partial charge in [0.15, 0.2) is 0 Å². The molecule has 2 aliphatic heterocycles. The van der Waals surface area contributed by atoms with E-state index in [4.69, 9.17) is 39.4 Å². The van der Waals surface area contributed by atoms with Crippen molar-refractivity contribution in [2.75, 3.05) is 20.8 Å². The van der Waals surface area contributed by atoms with Gasteiger partial charge in [-0.15, -0.1) is 5.10 Å². The number of ether oxygens (including phenoxy) is 5. The summed E-state index contributed by atoms with van der Waals surface area (Å²) in [4.78, 5) is 0. The number of rotatable bonds is 7. The molecule has 2 saturated heterocycles. The van der Waals surface area contributed by atoms with Crippen LogP contribution in [0.25, 0.3) is 0 Å². The van der Waals surface area contributed by atoms with Crippen LogP contribution in [0, 0.1) is 0 Å². The molecular weight excluding hydrogens is 312 g/mol. The van der Waals surface area contributed by atoms with Crippen molar-refractivity contribution in [3.8, 4) is 0 Å². The Morgan fingerprint density at radius 1 is 1.21 bits per heavy atom. The maximum Gasteiger partial charge on any atom is 0.141 e. The van der Waals surface area contributed by atoms with Gasteiger partial charge in [0.2, 0.25) is 0 Å². The van der Waals surface area contributed by atoms with E-state index in [1.54, 1.807) is 25.1 Å². The van der Waals surface area contributed by atoms with Gasteiger partial charge in [0.1, 0.15) is 40.3 Å². The Hall–Kier alpha value is -0.930. The normalized spacial score (nSPS) is 36.4. The predicted molar refractivity (Wildman–Crippen MR) is 84.6 cm³/mol. The van der Waals surface area contributed by atoms with Crippen LogP contribution in [0.4, 0.5) is 0 Å². The van der Waals surface area contributed by atoms with Crippen LogP contribution in [-0.4, -0.2) is 81.8 Å². The molecule has 10 heteroatoms. The van der Waals surface area contributed by atoms with E-state index in [0.717, 1.165) is 0 Å². The highest BCUT2D eigenvalue weighted by Crippen LogP contribution is 2.32. The zero-order chi connectivity index (χ0) is 17.1. The van der Waals surface area contributed by atoms with Crippen LogP contribution in [0.3, 0.4) is 0 Å². The van der Waals surface area contributed by atoms with Crippen molar-refractivity contribution in [1.29, 1.82) is 0 Å². The van der Waals surface area contributed by atoms with Crippen LogP contribution in [0.5, 0.6) is 0 Å². The van der Waals surface area contributed by atoms with Crippen molar-refractivity contribution in [2.45, 2.75) is 56.0 Å². The molecule has 1 aromatic rings. The minimum absolute atomic E-state index is 0.126. The fourth-order valence-corrected chi connectivity index (χ4v) is 3.08. The second kappa shape index (κ2) is 7.97. The van der Waals surface area contributed by atoms with E-state index in [-0.39, 0.29) is 43.2 Å². The first-order valence-electron chi connectivity index (χ1n) is 7.96. The number of hydrogen-bond acceptors (Lipinski definition) is 7. The van der Waals surface area contributed by atoms with Crippen molar-refractivity contribution < 1.29 is 23.7 Å². The Bertz CT molecular complexity index is 534. The quantitative estimate of drug-likeness (QED) is 0.624. The Morgan fingerprint density at radius 2 is 1.96 bits per heavy atom. The van der Waals surface area contributed by atoms with Crippen molar-refractivity contribution >= 4 is 15.7 Å². The molecule has 3 rings (SSSR count). The van der Waals surface area contributed by atoms with Crippen molar-refractivity contribution in [1.82, 2.24) is 15.0 Å². The summed E-state index contributed by atoms with van der Waals surface area (Å²) in [6.07, 6.45) is 2.25. The van der Waals surface area contributed by atoms with Crippen molar-refractivity contribution in [3.05, 3.63) is 11.9 Å². The molecule has 2 fully saturated rings. The van der Waals surface area contributed by atoms with Gasteiger partial charge in [-0.1, -0.05) is 5.21 Å². The molecule has 128 valence electrons. The van der Waals surface area contributed by atoms with Gasteiger partial charge in [0.25, 0.3) is 0 Å². The second-order valence-corrected chi connectivity index (χ2v) is 6.03. The summed E-state index contributed by atoms with van der Waals surface area (Å²) >= 11 is 0. The third kappa shape index (κ3) is 4.00. The van der Waals surface area contributed by atoms with Crippen LogP contribution >= 0.6 is 0 Å². The summed E-state index contributed by atoms with van der Waals surface area (Å²) in [5.74, 6) is 0. The highest BCUT2D eigenvalue weighted by atomic mass is 16.6. The topological polar surface area (TPSA) is 76.9 Å². The summed E-state index contributed by atoms with van der Waals surface area (Å²) in [7, 11) is 14.9. The predicted octanol–water partition coefficient (Wildman–Crippen LogP) is -0.478. The highest BCUT2D eigenvalue weighted by molar-refractivity contribution is 6.11. The minimum Gasteiger partial charge on any atom is -0.382 e. The first-order chi connectivity index (χ1) is 11.6. The van der Waals surface area contributed by atoms with E-state index < -0.39 is 0 Å². The smallest absolute Gasteiger partial charge is 0.141 e. The van der Waals surface area contributed by atoms with Gasteiger partial charge in [-0.3, -0.25) is 0 Å². The second-order valence-electron chi connectivity index (χ2n) is 6.03. The molecule has 0 aromatic carbocycles. The Morgan fingerprint density at radius 3 is 2.71 bits per heavy atom. The molecule has 2 aliphatic rings. The zero-order valence-corrected chi connectivity index (χ0v) is 13.9. The lowest BCUT2D eigenvalue weighted by atomic mass is 9.96. The van der Waals surface area contributed by atoms with Crippen molar-refractivity contribution in [3.63, 3.8) is 0 Å². The van der Waals surface area contributed by atoms with Gasteiger partial charge < -0.3 is 23.7 Å². The van der Waals surface area contributed by atoms with E-state index >= 15 is 0 Å². The lowest BCUT2D eigenvalue weighted by molar-refractivity contribution is -0.0679. The highest BCUT2D eigenvalue weighted by Gasteiger charge is 2.36. The van der Waals surface area contributed by atoms with E-state index in [1.165, 1.54) is 0 Å². The fourth-order valence-electron chi connectivity index (χ4n) is 3.08. The van der Waals surface area contributed by atoms with Crippen molar-refractivity contribution in [2.24, 2.45) is 0 Å². The minimum atomic E-state index is -0.353. The van der Waals surface area contributed by atoms with Gasteiger partial charge in [0, 0.05) is 26.2 Å². The summed E-state index contributed by atoms with van der Waals surface area (Å²) in [6, 6.07) is -0.689. The van der Waals surface area contributed by atoms with Gasteiger partial charge in [-0.2, -0.15) is 0 Å². The van der Waals surface area contributed by atoms with Crippen LogP contribution in [-0.2, 0) is 30.4 Å². The lowest BCUT2D eigenvalue weighted by Gasteiger charge is -2.18. The largest absolute Gasteiger partial charge is 0.382 e. The first kappa shape index (κ1) is 17.9. The van der Waals surface area contributed by atoms with Gasteiger partial charge in [-0.25, -0.2) is 4.68 Å². The van der Waals surface area contributed by atoms with Crippen LogP contribution < -0.4 is 0 Å². The third-order valence-electron chi connectivity index (χ3n) is 4.26. The molecule has 0 bridgehead atoms. The number of nitrogens with zero attached hydrogens (tertiary/aromatic N) is 3. The van der Waals surface area contributed by atoms with E-state index in [2.05, 4.69) is 10.3 Å². The number of aromatic nitrogens is 3. The first-order valence-corrected chi connectivity index (χ1v) is 7.96. The third-order valence-corrected chi connectivity index (χ3v) is 4.26. The molecule has 0 amide bonds. The molecule has 24 heavy (non-hydrogen) atoms. The molecular formula is C14H21B2N3O5. The maximum absolute atomic E-state index is 5.85. The summed E-state index contributed by atoms with van der Waals surface area (Å²) < 4.78 is 29.2. The molecule has 6 atom stereocenters. The molecule has 1 aromatic heterocycles. The summed E-state index contributed by atoms with van der Waals surface area (Å²) in [6.45, 7) is 0.675. The van der Waals surface area contributed by atoms with Crippen LogP contribution in [0.2, 0.25) is 0 Å². The Kier molecular flexibility index (Phi) is 5.93. The van der Waals surface area contributed by atoms with Gasteiger partial charge in [0.05, 0.1) is 25.0 Å². The van der Waals surface area contributed by atoms with E-state index in [9.17, 15) is 0 Å². The molecule has 0 aliphatic carbocycles. The van der Waals surface area contributed by atoms with Gasteiger partial charge >= 0.3 is 0 Å². The molecule has 0 N–H and O–H groups in total. The summed E-state index contributed by atoms with van der Waals surface area (Å²) in [5.41, 5.74) is 0.672. The SMILES string of the molecule is [B][C@H]1CC(OC)[C@@H](c2cn(COC3C[C@H]([B])O[C@@H]3COC)nn2)O1. The van der Waals surface area contributed by atoms with Crippen LogP contribution in [0.1, 0.15) is 24.6 Å².